The number of hydrogen-bond acceptors (Lipinski definition) is 7. The van der Waals surface area contributed by atoms with Crippen LogP contribution >= 0.6 is 0 Å². The van der Waals surface area contributed by atoms with Crippen molar-refractivity contribution in [1.29, 1.82) is 0 Å². The quantitative estimate of drug-likeness (QED) is 0.315. The highest BCUT2D eigenvalue weighted by atomic mass is 32.2. The first kappa shape index (κ1) is 27.4. The highest BCUT2D eigenvalue weighted by Crippen LogP contribution is 2.37. The average molecular weight is 551 g/mol. The Morgan fingerprint density at radius 1 is 0.895 bits per heavy atom. The molecule has 0 aliphatic carbocycles. The topological polar surface area (TPSA) is 105 Å². The van der Waals surface area contributed by atoms with Crippen LogP contribution in [0.25, 0.3) is 0 Å². The van der Waals surface area contributed by atoms with Crippen molar-refractivity contribution in [2.24, 2.45) is 0 Å². The minimum atomic E-state index is -4.82. The molecule has 1 aliphatic heterocycles. The largest absolute Gasteiger partial charge is 0.573 e. The van der Waals surface area contributed by atoms with Crippen molar-refractivity contribution in [1.82, 2.24) is 5.32 Å². The Labute approximate surface area is 217 Å². The fourth-order valence-electron chi connectivity index (χ4n) is 4.18. The Bertz CT molecular complexity index is 1370. The molecule has 0 aromatic heterocycles. The Kier molecular flexibility index (Phi) is 7.68. The summed E-state index contributed by atoms with van der Waals surface area (Å²) in [6.07, 6.45) is -4.90. The number of hydrogen-bond donors (Lipinski definition) is 2. The monoisotopic (exact) mass is 550 g/mol. The molecule has 1 saturated heterocycles. The van der Waals surface area contributed by atoms with Crippen molar-refractivity contribution in [3.05, 3.63) is 78.4 Å². The third-order valence-electron chi connectivity index (χ3n) is 6.21. The lowest BCUT2D eigenvalue weighted by atomic mass is 9.95. The number of benzene rings is 3. The van der Waals surface area contributed by atoms with E-state index in [9.17, 15) is 31.6 Å². The van der Waals surface area contributed by atoms with Gasteiger partial charge in [0.25, 0.3) is 5.91 Å². The minimum absolute atomic E-state index is 0.0400. The van der Waals surface area contributed by atoms with Crippen LogP contribution in [0.5, 0.6) is 17.2 Å². The second kappa shape index (κ2) is 10.6. The summed E-state index contributed by atoms with van der Waals surface area (Å²) in [4.78, 5) is 13.4. The molecule has 0 spiro atoms. The smallest absolute Gasteiger partial charge is 0.457 e. The molecule has 0 saturated carbocycles. The number of halogens is 3. The molecule has 0 radical (unpaired) electrons. The number of rotatable bonds is 7. The lowest BCUT2D eigenvalue weighted by molar-refractivity contribution is -0.274. The number of nitrogens with one attached hydrogen (secondary N) is 1. The Hall–Kier alpha value is -3.61. The van der Waals surface area contributed by atoms with E-state index < -0.39 is 32.6 Å². The van der Waals surface area contributed by atoms with Crippen molar-refractivity contribution in [3.8, 4) is 17.2 Å². The third-order valence-corrected chi connectivity index (χ3v) is 8.72. The zero-order valence-electron chi connectivity index (χ0n) is 20.2. The molecule has 1 fully saturated rings. The number of piperidine rings is 1. The predicted octanol–water partition coefficient (Wildman–Crippen LogP) is 5.00. The standard InChI is InChI=1S/C26H25F3N2O6S/c1-18-2-4-19(5-3-18)31(33)24(32)25(14-16-30-17-15-25)38(34,35)23-12-10-21(11-13-23)36-20-6-8-22(9-7-20)37-26(27,28)29/h2-13,30,33H,14-17H2,1H3. The van der Waals surface area contributed by atoms with Crippen LogP contribution in [0.3, 0.4) is 0 Å². The minimum Gasteiger partial charge on any atom is -0.457 e. The first-order valence-electron chi connectivity index (χ1n) is 11.6. The van der Waals surface area contributed by atoms with Gasteiger partial charge in [0.05, 0.1) is 10.6 Å². The maximum atomic E-state index is 13.8. The van der Waals surface area contributed by atoms with Gasteiger partial charge in [-0.1, -0.05) is 17.7 Å². The molecule has 202 valence electrons. The fourth-order valence-corrected chi connectivity index (χ4v) is 6.19. The number of carbonyl (C=O) groups is 1. The summed E-state index contributed by atoms with van der Waals surface area (Å²) >= 11 is 0. The second-order valence-electron chi connectivity index (χ2n) is 8.79. The summed E-state index contributed by atoms with van der Waals surface area (Å²) in [5.74, 6) is -0.923. The molecule has 1 amide bonds. The van der Waals surface area contributed by atoms with Gasteiger partial charge < -0.3 is 14.8 Å². The molecular formula is C26H25F3N2O6S. The lowest BCUT2D eigenvalue weighted by Gasteiger charge is -2.37. The maximum absolute atomic E-state index is 13.8. The summed E-state index contributed by atoms with van der Waals surface area (Å²) in [5, 5.41) is 14.1. The van der Waals surface area contributed by atoms with Crippen LogP contribution in [-0.2, 0) is 14.6 Å². The van der Waals surface area contributed by atoms with Crippen LogP contribution in [0.15, 0.2) is 77.7 Å². The van der Waals surface area contributed by atoms with Gasteiger partial charge >= 0.3 is 6.36 Å². The summed E-state index contributed by atoms with van der Waals surface area (Å²) in [7, 11) is -4.27. The van der Waals surface area contributed by atoms with Gasteiger partial charge in [0.2, 0.25) is 0 Å². The Balaban J connectivity index is 1.56. The van der Waals surface area contributed by atoms with Gasteiger partial charge in [-0.3, -0.25) is 10.0 Å². The lowest BCUT2D eigenvalue weighted by Crippen LogP contribution is -2.58. The number of sulfone groups is 1. The number of hydroxylamine groups is 1. The molecule has 38 heavy (non-hydrogen) atoms. The highest BCUT2D eigenvalue weighted by Gasteiger charge is 2.53. The van der Waals surface area contributed by atoms with Crippen molar-refractivity contribution in [3.63, 3.8) is 0 Å². The molecule has 3 aromatic carbocycles. The van der Waals surface area contributed by atoms with Crippen molar-refractivity contribution in [2.45, 2.75) is 35.8 Å². The van der Waals surface area contributed by atoms with E-state index >= 15 is 0 Å². The number of ether oxygens (including phenoxy) is 2. The molecule has 0 unspecified atom stereocenters. The maximum Gasteiger partial charge on any atom is 0.573 e. The molecule has 1 aliphatic rings. The molecule has 12 heteroatoms. The van der Waals surface area contributed by atoms with Gasteiger partial charge in [-0.05, 0) is 93.5 Å². The van der Waals surface area contributed by atoms with Crippen LogP contribution in [0, 0.1) is 6.92 Å². The number of amides is 1. The summed E-state index contributed by atoms with van der Waals surface area (Å²) in [6, 6.07) is 16.5. The molecular weight excluding hydrogens is 525 g/mol. The molecule has 0 bridgehead atoms. The molecule has 1 heterocycles. The van der Waals surface area contributed by atoms with Gasteiger partial charge in [-0.15, -0.1) is 13.2 Å². The Morgan fingerprint density at radius 2 is 1.39 bits per heavy atom. The number of aryl methyl sites for hydroxylation is 1. The normalized spacial score (nSPS) is 15.5. The van der Waals surface area contributed by atoms with E-state index in [4.69, 9.17) is 4.74 Å². The van der Waals surface area contributed by atoms with E-state index in [0.717, 1.165) is 17.7 Å². The number of carbonyl (C=O) groups excluding carboxylic acids is 1. The Morgan fingerprint density at radius 3 is 1.92 bits per heavy atom. The van der Waals surface area contributed by atoms with E-state index in [1.165, 1.54) is 48.5 Å². The van der Waals surface area contributed by atoms with Crippen LogP contribution in [0.1, 0.15) is 18.4 Å². The zero-order chi connectivity index (χ0) is 27.6. The van der Waals surface area contributed by atoms with Crippen molar-refractivity contribution < 1.29 is 41.1 Å². The first-order valence-corrected chi connectivity index (χ1v) is 13.1. The van der Waals surface area contributed by atoms with Crippen LogP contribution in [0.4, 0.5) is 18.9 Å². The third kappa shape index (κ3) is 5.77. The van der Waals surface area contributed by atoms with E-state index in [1.807, 2.05) is 6.92 Å². The predicted molar refractivity (Wildman–Crippen MR) is 132 cm³/mol. The van der Waals surface area contributed by atoms with Crippen molar-refractivity contribution in [2.75, 3.05) is 18.2 Å². The van der Waals surface area contributed by atoms with E-state index in [1.54, 1.807) is 12.1 Å². The average Bonchev–Trinajstić information content (AvgIpc) is 2.89. The van der Waals surface area contributed by atoms with Crippen molar-refractivity contribution >= 4 is 21.4 Å². The van der Waals surface area contributed by atoms with Crippen LogP contribution < -0.4 is 19.9 Å². The van der Waals surface area contributed by atoms with Gasteiger partial charge in [-0.25, -0.2) is 8.42 Å². The molecule has 3 aromatic rings. The van der Waals surface area contributed by atoms with Crippen LogP contribution in [0.2, 0.25) is 0 Å². The van der Waals surface area contributed by atoms with Gasteiger partial charge in [0.1, 0.15) is 17.2 Å². The SMILES string of the molecule is Cc1ccc(N(O)C(=O)C2(S(=O)(=O)c3ccc(Oc4ccc(OC(F)(F)F)cc4)cc3)CCNCC2)cc1. The summed E-state index contributed by atoms with van der Waals surface area (Å²) in [6.45, 7) is 2.38. The van der Waals surface area contributed by atoms with Crippen LogP contribution in [-0.4, -0.2) is 43.7 Å². The molecule has 4 rings (SSSR count). The number of alkyl halides is 3. The fraction of sp³-hybridized carbons (Fsp3) is 0.269. The van der Waals surface area contributed by atoms with E-state index in [-0.39, 0.29) is 48.0 Å². The number of anilines is 1. The van der Waals surface area contributed by atoms with Gasteiger partial charge in [0.15, 0.2) is 14.6 Å². The summed E-state index contributed by atoms with van der Waals surface area (Å²) < 4.78 is 72.2. The van der Waals surface area contributed by atoms with E-state index in [0.29, 0.717) is 5.06 Å². The molecule has 8 nitrogen and oxygen atoms in total. The zero-order valence-corrected chi connectivity index (χ0v) is 21.1. The molecule has 2 N–H and O–H groups in total. The molecule has 0 atom stereocenters. The van der Waals surface area contributed by atoms with E-state index in [2.05, 4.69) is 10.1 Å². The highest BCUT2D eigenvalue weighted by molar-refractivity contribution is 7.93. The second-order valence-corrected chi connectivity index (χ2v) is 11.1. The summed E-state index contributed by atoms with van der Waals surface area (Å²) in [5.41, 5.74) is 1.07. The first-order chi connectivity index (χ1) is 17.9. The van der Waals surface area contributed by atoms with Gasteiger partial charge in [-0.2, -0.15) is 5.06 Å². The number of nitrogens with zero attached hydrogens (tertiary/aromatic N) is 1. The van der Waals surface area contributed by atoms with Gasteiger partial charge in [0, 0.05) is 0 Å².